The molecular weight excluding hydrogens is 566 g/mol. The van der Waals surface area contributed by atoms with Gasteiger partial charge in [-0.25, -0.2) is 0 Å². The molecule has 0 aromatic rings. The van der Waals surface area contributed by atoms with Crippen LogP contribution in [0.25, 0.3) is 0 Å². The Labute approximate surface area is 288 Å². The highest BCUT2D eigenvalue weighted by Gasteiger charge is 2.17. The summed E-state index contributed by atoms with van der Waals surface area (Å²) in [6.07, 6.45) is 48.4. The summed E-state index contributed by atoms with van der Waals surface area (Å²) < 4.78 is 0. The number of nitrogens with one attached hydrogen (secondary N) is 1. The van der Waals surface area contributed by atoms with E-state index in [0.29, 0.717) is 6.42 Å². The fourth-order valence-electron chi connectivity index (χ4n) is 6.23. The summed E-state index contributed by atoms with van der Waals surface area (Å²) in [5, 5.41) is 23.0. The van der Waals surface area contributed by atoms with E-state index in [1.807, 2.05) is 6.08 Å². The SMILES string of the molecule is CCCCCCCCCCC/C=C\CCCCCCCC(=O)NC(CO)C(O)/C=C/CCCCCCCCCCCCCCCC. The number of allylic oxidation sites excluding steroid dienone is 3. The molecule has 0 aromatic carbocycles. The van der Waals surface area contributed by atoms with Gasteiger partial charge >= 0.3 is 0 Å². The minimum atomic E-state index is -0.839. The third kappa shape index (κ3) is 34.2. The summed E-state index contributed by atoms with van der Waals surface area (Å²) in [5.41, 5.74) is 0. The van der Waals surface area contributed by atoms with Crippen LogP contribution in [0.2, 0.25) is 0 Å². The Hall–Kier alpha value is -1.13. The second-order valence-corrected chi connectivity index (χ2v) is 14.1. The van der Waals surface area contributed by atoms with Crippen molar-refractivity contribution in [3.8, 4) is 0 Å². The number of aliphatic hydroxyl groups excluding tert-OH is 2. The maximum atomic E-state index is 12.3. The van der Waals surface area contributed by atoms with E-state index >= 15 is 0 Å². The molecule has 1 amide bonds. The average Bonchev–Trinajstić information content (AvgIpc) is 3.06. The van der Waals surface area contributed by atoms with Gasteiger partial charge in [-0.15, -0.1) is 0 Å². The molecule has 0 aliphatic carbocycles. The highest BCUT2D eigenvalue weighted by Crippen LogP contribution is 2.14. The molecule has 0 aromatic heterocycles. The first-order chi connectivity index (χ1) is 22.7. The topological polar surface area (TPSA) is 69.6 Å². The molecule has 2 unspecified atom stereocenters. The van der Waals surface area contributed by atoms with E-state index in [1.165, 1.54) is 167 Å². The predicted molar refractivity (Wildman–Crippen MR) is 202 cm³/mol. The van der Waals surface area contributed by atoms with E-state index in [2.05, 4.69) is 31.3 Å². The number of carbonyl (C=O) groups is 1. The van der Waals surface area contributed by atoms with E-state index in [0.717, 1.165) is 32.1 Å². The summed E-state index contributed by atoms with van der Waals surface area (Å²) in [4.78, 5) is 12.3. The highest BCUT2D eigenvalue weighted by molar-refractivity contribution is 5.76. The molecule has 0 radical (unpaired) electrons. The van der Waals surface area contributed by atoms with Gasteiger partial charge in [-0.1, -0.05) is 192 Å². The Morgan fingerprint density at radius 2 is 0.826 bits per heavy atom. The molecule has 3 N–H and O–H groups in total. The van der Waals surface area contributed by atoms with E-state index in [4.69, 9.17) is 0 Å². The van der Waals surface area contributed by atoms with Crippen LogP contribution in [0.4, 0.5) is 0 Å². The molecule has 0 saturated heterocycles. The molecule has 0 aliphatic rings. The normalized spacial score (nSPS) is 13.2. The van der Waals surface area contributed by atoms with Gasteiger partial charge in [0.1, 0.15) is 0 Å². The molecule has 0 rings (SSSR count). The predicted octanol–water partition coefficient (Wildman–Crippen LogP) is 12.5. The van der Waals surface area contributed by atoms with Crippen molar-refractivity contribution in [2.75, 3.05) is 6.61 Å². The second-order valence-electron chi connectivity index (χ2n) is 14.1. The minimum absolute atomic E-state index is 0.0714. The molecule has 0 bridgehead atoms. The smallest absolute Gasteiger partial charge is 0.220 e. The average molecular weight is 648 g/mol. The van der Waals surface area contributed by atoms with E-state index in [-0.39, 0.29) is 12.5 Å². The molecule has 0 spiro atoms. The standard InChI is InChI=1S/C42H81NO3/c1-3-5-7-9-11-13-15-17-19-21-22-24-26-28-30-32-34-36-38-42(46)43-40(39-44)41(45)37-35-33-31-29-27-25-23-20-18-16-14-12-10-8-6-4-2/h22,24,35,37,40-41,44-45H,3-21,23,25-34,36,38-39H2,1-2H3,(H,43,46)/b24-22-,37-35+. The Morgan fingerprint density at radius 1 is 0.500 bits per heavy atom. The number of aliphatic hydroxyl groups is 2. The first-order valence-electron chi connectivity index (χ1n) is 20.6. The van der Waals surface area contributed by atoms with Gasteiger partial charge in [0.05, 0.1) is 18.8 Å². The van der Waals surface area contributed by atoms with Crippen LogP contribution in [-0.2, 0) is 4.79 Å². The second kappa shape index (κ2) is 38.3. The molecule has 272 valence electrons. The van der Waals surface area contributed by atoms with Crippen LogP contribution in [-0.4, -0.2) is 34.9 Å². The zero-order chi connectivity index (χ0) is 33.6. The molecule has 0 aliphatic heterocycles. The Kier molecular flexibility index (Phi) is 37.4. The van der Waals surface area contributed by atoms with Crippen LogP contribution in [0.1, 0.15) is 219 Å². The lowest BCUT2D eigenvalue weighted by Crippen LogP contribution is -2.45. The van der Waals surface area contributed by atoms with Crippen molar-refractivity contribution >= 4 is 5.91 Å². The molecule has 0 fully saturated rings. The lowest BCUT2D eigenvalue weighted by atomic mass is 10.0. The van der Waals surface area contributed by atoms with E-state index in [9.17, 15) is 15.0 Å². The number of carbonyl (C=O) groups excluding carboxylic acids is 1. The zero-order valence-electron chi connectivity index (χ0n) is 31.1. The first kappa shape index (κ1) is 44.9. The van der Waals surface area contributed by atoms with Crippen LogP contribution in [0.3, 0.4) is 0 Å². The monoisotopic (exact) mass is 648 g/mol. The van der Waals surface area contributed by atoms with Crippen LogP contribution >= 0.6 is 0 Å². The van der Waals surface area contributed by atoms with Gasteiger partial charge < -0.3 is 15.5 Å². The van der Waals surface area contributed by atoms with E-state index < -0.39 is 12.1 Å². The van der Waals surface area contributed by atoms with Crippen LogP contribution in [0.15, 0.2) is 24.3 Å². The quantitative estimate of drug-likeness (QED) is 0.0464. The van der Waals surface area contributed by atoms with Crippen LogP contribution in [0.5, 0.6) is 0 Å². The summed E-state index contributed by atoms with van der Waals surface area (Å²) in [5.74, 6) is -0.0714. The Balaban J connectivity index is 3.59. The largest absolute Gasteiger partial charge is 0.394 e. The van der Waals surface area contributed by atoms with Crippen LogP contribution < -0.4 is 5.32 Å². The Bertz CT molecular complexity index is 661. The minimum Gasteiger partial charge on any atom is -0.394 e. The van der Waals surface area contributed by atoms with Gasteiger partial charge in [-0.3, -0.25) is 4.79 Å². The van der Waals surface area contributed by atoms with Gasteiger partial charge in [-0.2, -0.15) is 0 Å². The van der Waals surface area contributed by atoms with Gasteiger partial charge in [0.2, 0.25) is 5.91 Å². The van der Waals surface area contributed by atoms with Gasteiger partial charge in [0.25, 0.3) is 0 Å². The number of rotatable bonds is 37. The fraction of sp³-hybridized carbons (Fsp3) is 0.881. The summed E-state index contributed by atoms with van der Waals surface area (Å²) in [6, 6.07) is -0.623. The molecule has 4 heteroatoms. The summed E-state index contributed by atoms with van der Waals surface area (Å²) in [7, 11) is 0. The Morgan fingerprint density at radius 3 is 1.20 bits per heavy atom. The lowest BCUT2D eigenvalue weighted by Gasteiger charge is -2.20. The number of unbranched alkanes of at least 4 members (excludes halogenated alkanes) is 28. The maximum Gasteiger partial charge on any atom is 0.220 e. The number of hydrogen-bond donors (Lipinski definition) is 3. The van der Waals surface area contributed by atoms with Gasteiger partial charge in [0.15, 0.2) is 0 Å². The van der Waals surface area contributed by atoms with Crippen LogP contribution in [0, 0.1) is 0 Å². The molecule has 46 heavy (non-hydrogen) atoms. The molecule has 4 nitrogen and oxygen atoms in total. The molecule has 0 saturated carbocycles. The van der Waals surface area contributed by atoms with Crippen molar-refractivity contribution in [1.82, 2.24) is 5.32 Å². The fourth-order valence-corrected chi connectivity index (χ4v) is 6.23. The zero-order valence-corrected chi connectivity index (χ0v) is 31.1. The molecule has 0 heterocycles. The molecule has 2 atom stereocenters. The third-order valence-electron chi connectivity index (χ3n) is 9.43. The first-order valence-corrected chi connectivity index (χ1v) is 20.6. The molecular formula is C42H81NO3. The number of amides is 1. The maximum absolute atomic E-state index is 12.3. The van der Waals surface area contributed by atoms with Crippen molar-refractivity contribution in [3.05, 3.63) is 24.3 Å². The highest BCUT2D eigenvalue weighted by atomic mass is 16.3. The number of hydrogen-bond acceptors (Lipinski definition) is 3. The van der Waals surface area contributed by atoms with Crippen molar-refractivity contribution in [2.45, 2.75) is 231 Å². The van der Waals surface area contributed by atoms with Crippen molar-refractivity contribution in [1.29, 1.82) is 0 Å². The summed E-state index contributed by atoms with van der Waals surface area (Å²) >= 11 is 0. The lowest BCUT2D eigenvalue weighted by molar-refractivity contribution is -0.123. The van der Waals surface area contributed by atoms with Crippen molar-refractivity contribution in [2.24, 2.45) is 0 Å². The van der Waals surface area contributed by atoms with Gasteiger partial charge in [0, 0.05) is 6.42 Å². The van der Waals surface area contributed by atoms with E-state index in [1.54, 1.807) is 6.08 Å². The third-order valence-corrected chi connectivity index (χ3v) is 9.43. The van der Waals surface area contributed by atoms with Crippen molar-refractivity contribution in [3.63, 3.8) is 0 Å². The van der Waals surface area contributed by atoms with Gasteiger partial charge in [-0.05, 0) is 44.9 Å². The van der Waals surface area contributed by atoms with Crippen molar-refractivity contribution < 1.29 is 15.0 Å². The summed E-state index contributed by atoms with van der Waals surface area (Å²) in [6.45, 7) is 4.31.